The molecule has 14 heteroatoms. The molecule has 0 saturated carbocycles. The summed E-state index contributed by atoms with van der Waals surface area (Å²) >= 11 is 6.15. The number of nitrogens with zero attached hydrogens (tertiary/aromatic N) is 5. The Morgan fingerprint density at radius 1 is 1.10 bits per heavy atom. The van der Waals surface area contributed by atoms with E-state index in [1.165, 1.54) is 0 Å². The third-order valence-corrected chi connectivity index (χ3v) is 6.31. The van der Waals surface area contributed by atoms with E-state index in [9.17, 15) is 18.0 Å². The molecule has 1 fully saturated rings. The number of carboxylic acids is 1. The lowest BCUT2D eigenvalue weighted by Gasteiger charge is -2.30. The molecule has 1 aliphatic heterocycles. The molecule has 0 unspecified atom stereocenters. The van der Waals surface area contributed by atoms with Crippen molar-refractivity contribution in [2.75, 3.05) is 18.4 Å². The number of carboxylic acid groups (broad SMARTS) is 1. The Morgan fingerprint density at radius 3 is 2.48 bits per heavy atom. The molecule has 2 aromatic heterocycles. The number of anilines is 1. The minimum absolute atomic E-state index is 0.0706. The first-order valence-corrected chi connectivity index (χ1v) is 12.2. The summed E-state index contributed by atoms with van der Waals surface area (Å²) < 4.78 is 37.3. The number of nitrogens with one attached hydrogen (secondary N) is 1. The van der Waals surface area contributed by atoms with Crippen molar-refractivity contribution in [3.63, 3.8) is 0 Å². The molecule has 2 aromatic carbocycles. The largest absolute Gasteiger partial charge is 0.490 e. The fourth-order valence-corrected chi connectivity index (χ4v) is 4.07. The molecule has 206 valence electrons. The van der Waals surface area contributed by atoms with Gasteiger partial charge < -0.3 is 19.8 Å². The Labute approximate surface area is 230 Å². The number of likely N-dealkylation sites (tertiary alicyclic amines) is 1. The molecule has 40 heavy (non-hydrogen) atoms. The van der Waals surface area contributed by atoms with Gasteiger partial charge in [-0.1, -0.05) is 41.0 Å². The van der Waals surface area contributed by atoms with Crippen LogP contribution in [0.5, 0.6) is 0 Å². The summed E-state index contributed by atoms with van der Waals surface area (Å²) in [4.78, 5) is 32.5. The molecule has 0 bridgehead atoms. The Bertz CT molecular complexity index is 1580. The number of aliphatic carboxylic acids is 1. The zero-order valence-corrected chi connectivity index (χ0v) is 21.3. The smallest absolute Gasteiger partial charge is 0.475 e. The number of carbonyl (C=O) groups is 2. The Hall–Kier alpha value is -4.70. The monoisotopic (exact) mass is 572 g/mol. The summed E-state index contributed by atoms with van der Waals surface area (Å²) in [6.07, 6.45) is -3.68. The van der Waals surface area contributed by atoms with Crippen LogP contribution in [-0.4, -0.2) is 56.4 Å². The van der Waals surface area contributed by atoms with Gasteiger partial charge in [-0.15, -0.1) is 0 Å². The highest BCUT2D eigenvalue weighted by Gasteiger charge is 2.38. The van der Waals surface area contributed by atoms with Crippen molar-refractivity contribution in [3.05, 3.63) is 71.1 Å². The third kappa shape index (κ3) is 6.83. The van der Waals surface area contributed by atoms with Crippen LogP contribution < -0.4 is 5.32 Å². The van der Waals surface area contributed by atoms with Gasteiger partial charge in [-0.2, -0.15) is 23.4 Å². The summed E-state index contributed by atoms with van der Waals surface area (Å²) in [6, 6.07) is 18.3. The van der Waals surface area contributed by atoms with Gasteiger partial charge in [-0.3, -0.25) is 0 Å². The van der Waals surface area contributed by atoms with Crippen molar-refractivity contribution in [1.29, 1.82) is 5.26 Å². The number of urea groups is 1. The maximum atomic E-state index is 12.7. The van der Waals surface area contributed by atoms with E-state index in [1.807, 2.05) is 42.5 Å². The van der Waals surface area contributed by atoms with Crippen LogP contribution in [0.25, 0.3) is 22.4 Å². The van der Waals surface area contributed by atoms with E-state index in [4.69, 9.17) is 31.3 Å². The number of amides is 2. The van der Waals surface area contributed by atoms with E-state index in [1.54, 1.807) is 23.1 Å². The van der Waals surface area contributed by atoms with E-state index in [0.29, 0.717) is 59.6 Å². The van der Waals surface area contributed by atoms with Crippen LogP contribution in [0.1, 0.15) is 30.2 Å². The van der Waals surface area contributed by atoms with Crippen molar-refractivity contribution >= 4 is 40.2 Å². The van der Waals surface area contributed by atoms with Crippen molar-refractivity contribution in [3.8, 4) is 17.6 Å². The van der Waals surface area contributed by atoms with Gasteiger partial charge >= 0.3 is 18.2 Å². The highest BCUT2D eigenvalue weighted by atomic mass is 35.5. The zero-order valence-electron chi connectivity index (χ0n) is 20.5. The van der Waals surface area contributed by atoms with E-state index < -0.39 is 12.1 Å². The second-order valence-electron chi connectivity index (χ2n) is 8.65. The second-order valence-corrected chi connectivity index (χ2v) is 9.05. The summed E-state index contributed by atoms with van der Waals surface area (Å²) in [5, 5.41) is 24.5. The van der Waals surface area contributed by atoms with Gasteiger partial charge in [0, 0.05) is 24.4 Å². The number of nitriles is 1. The molecule has 1 aliphatic rings. The minimum Gasteiger partial charge on any atom is -0.475 e. The number of hydrogen-bond acceptors (Lipinski definition) is 7. The maximum Gasteiger partial charge on any atom is 0.490 e. The first kappa shape index (κ1) is 28.3. The Kier molecular flexibility index (Phi) is 8.49. The van der Waals surface area contributed by atoms with Crippen molar-refractivity contribution < 1.29 is 32.4 Å². The average molecular weight is 573 g/mol. The number of piperidine rings is 1. The third-order valence-electron chi connectivity index (χ3n) is 5.98. The van der Waals surface area contributed by atoms with E-state index >= 15 is 0 Å². The summed E-state index contributed by atoms with van der Waals surface area (Å²) in [7, 11) is 0. The molecular formula is C26H20ClF3N6O4. The molecule has 10 nitrogen and oxygen atoms in total. The molecule has 2 N–H and O–H groups in total. The molecule has 5 rings (SSSR count). The van der Waals surface area contributed by atoms with Crippen LogP contribution >= 0.6 is 11.6 Å². The first-order chi connectivity index (χ1) is 19.0. The van der Waals surface area contributed by atoms with Gasteiger partial charge in [-0.05, 0) is 43.2 Å². The Morgan fingerprint density at radius 2 is 1.80 bits per heavy atom. The molecule has 4 aromatic rings. The van der Waals surface area contributed by atoms with Gasteiger partial charge in [0.15, 0.2) is 0 Å². The van der Waals surface area contributed by atoms with E-state index in [-0.39, 0.29) is 11.9 Å². The number of fused-ring (bicyclic) bond motifs is 1. The number of benzene rings is 2. The molecule has 0 atom stereocenters. The van der Waals surface area contributed by atoms with Crippen LogP contribution in [0.4, 0.5) is 23.7 Å². The number of alkyl halides is 3. The van der Waals surface area contributed by atoms with Crippen molar-refractivity contribution in [2.24, 2.45) is 0 Å². The summed E-state index contributed by atoms with van der Waals surface area (Å²) in [5.41, 5.74) is 2.40. The zero-order chi connectivity index (χ0) is 28.9. The molecule has 3 heterocycles. The van der Waals surface area contributed by atoms with Crippen LogP contribution in [0.2, 0.25) is 5.02 Å². The predicted octanol–water partition coefficient (Wildman–Crippen LogP) is 5.85. The lowest BCUT2D eigenvalue weighted by molar-refractivity contribution is -0.192. The van der Waals surface area contributed by atoms with Gasteiger partial charge in [0.1, 0.15) is 5.69 Å². The highest BCUT2D eigenvalue weighted by molar-refractivity contribution is 6.33. The number of hydrogen-bond donors (Lipinski definition) is 2. The van der Waals surface area contributed by atoms with Crippen LogP contribution in [0.3, 0.4) is 0 Å². The summed E-state index contributed by atoms with van der Waals surface area (Å²) in [5.74, 6) is -1.67. The SMILES string of the molecule is N#Cc1ccc(Cl)c(NC(=O)N2CCC(c3nc(-c4ccc5ccccc5n4)no3)CC2)c1.O=C(O)C(F)(F)F. The lowest BCUT2D eigenvalue weighted by atomic mass is 9.97. The van der Waals surface area contributed by atoms with Gasteiger partial charge in [0.25, 0.3) is 0 Å². The number of rotatable bonds is 3. The Balaban J connectivity index is 0.000000470. The molecule has 0 spiro atoms. The highest BCUT2D eigenvalue weighted by Crippen LogP contribution is 2.30. The quantitative estimate of drug-likeness (QED) is 0.311. The normalized spacial score (nSPS) is 13.7. The number of halogens is 4. The fraction of sp³-hybridized carbons (Fsp3) is 0.231. The lowest BCUT2D eigenvalue weighted by Crippen LogP contribution is -2.40. The van der Waals surface area contributed by atoms with Gasteiger partial charge in [0.05, 0.1) is 27.9 Å². The molecule has 1 saturated heterocycles. The fourth-order valence-electron chi connectivity index (χ4n) is 3.91. The predicted molar refractivity (Wildman–Crippen MR) is 137 cm³/mol. The second kappa shape index (κ2) is 12.0. The van der Waals surface area contributed by atoms with Crippen LogP contribution in [0, 0.1) is 11.3 Å². The molecule has 0 radical (unpaired) electrons. The number of para-hydroxylation sites is 1. The topological polar surface area (TPSA) is 145 Å². The molecule has 0 aliphatic carbocycles. The molecular weight excluding hydrogens is 553 g/mol. The van der Waals surface area contributed by atoms with Crippen LogP contribution in [0.15, 0.2) is 59.1 Å². The number of pyridine rings is 1. The maximum absolute atomic E-state index is 12.7. The number of aromatic nitrogens is 3. The number of carbonyl (C=O) groups excluding carboxylic acids is 1. The van der Waals surface area contributed by atoms with Crippen molar-refractivity contribution in [1.82, 2.24) is 20.0 Å². The standard InChI is InChI=1S/C24H19ClN6O2.C2HF3O2/c25-18-7-5-15(14-26)13-21(18)28-24(32)31-11-9-17(10-12-31)23-29-22(30-33-23)20-8-6-16-3-1-2-4-19(16)27-20;3-2(4,5)1(6)7/h1-8,13,17H,9-12H2,(H,28,32);(H,6,7). The molecule has 2 amide bonds. The van der Waals surface area contributed by atoms with Gasteiger partial charge in [0.2, 0.25) is 11.7 Å². The van der Waals surface area contributed by atoms with E-state index in [0.717, 1.165) is 10.9 Å². The van der Waals surface area contributed by atoms with Crippen LogP contribution in [-0.2, 0) is 4.79 Å². The first-order valence-electron chi connectivity index (χ1n) is 11.8. The van der Waals surface area contributed by atoms with Crippen molar-refractivity contribution in [2.45, 2.75) is 24.9 Å². The minimum atomic E-state index is -5.08. The van der Waals surface area contributed by atoms with E-state index in [2.05, 4.69) is 20.4 Å². The average Bonchev–Trinajstić information content (AvgIpc) is 3.44. The van der Waals surface area contributed by atoms with Gasteiger partial charge in [-0.25, -0.2) is 14.6 Å². The summed E-state index contributed by atoms with van der Waals surface area (Å²) in [6.45, 7) is 1.08.